The molecule has 0 saturated carbocycles. The Labute approximate surface area is 216 Å². The summed E-state index contributed by atoms with van der Waals surface area (Å²) in [4.78, 5) is 37.1. The monoisotopic (exact) mass is 514 g/mol. The second-order valence-electron chi connectivity index (χ2n) is 10.6. The van der Waals surface area contributed by atoms with Crippen LogP contribution >= 0.6 is 11.6 Å². The Kier molecular flexibility index (Phi) is 13.7. The molecule has 1 aromatic carbocycles. The number of nitrogens with zero attached hydrogens (tertiary/aromatic N) is 1. The van der Waals surface area contributed by atoms with Crippen LogP contribution in [0.2, 0.25) is 0 Å². The van der Waals surface area contributed by atoms with Crippen LogP contribution in [0.1, 0.15) is 59.1 Å². The lowest BCUT2D eigenvalue weighted by Gasteiger charge is -2.32. The Morgan fingerprint density at radius 3 is 1.89 bits per heavy atom. The summed E-state index contributed by atoms with van der Waals surface area (Å²) in [6.45, 7) is 10.8. The topological polar surface area (TPSA) is 78.9 Å². The third-order valence-electron chi connectivity index (χ3n) is 5.68. The third kappa shape index (κ3) is 11.5. The predicted molar refractivity (Wildman–Crippen MR) is 139 cm³/mol. The number of rotatable bonds is 13. The first kappa shape index (κ1) is 33.0. The van der Waals surface area contributed by atoms with Crippen LogP contribution in [0, 0.1) is 11.3 Å². The van der Waals surface area contributed by atoms with Gasteiger partial charge in [-0.25, -0.2) is 0 Å². The zero-order chi connectivity index (χ0) is 27.4. The summed E-state index contributed by atoms with van der Waals surface area (Å²) in [6.07, 6.45) is 1.93. The quantitative estimate of drug-likeness (QED) is 0.214. The molecule has 0 aromatic heterocycles. The molecule has 0 heterocycles. The molecule has 35 heavy (non-hydrogen) atoms. The molecule has 0 aliphatic rings. The summed E-state index contributed by atoms with van der Waals surface area (Å²) in [6, 6.07) is 7.93. The van der Waals surface area contributed by atoms with E-state index in [1.54, 1.807) is 27.7 Å². The summed E-state index contributed by atoms with van der Waals surface area (Å²) in [5.41, 5.74) is -0.219. The van der Waals surface area contributed by atoms with Crippen molar-refractivity contribution in [2.24, 2.45) is 11.3 Å². The standard InChI is InChI=1S/C26H42NO6.CH3Cl/c1-10-26(6,20(4)28)33-18-25(5,17-32-23(29)19(2)3)24(30)31-16-22-13-11-21(12-14-22)15-27(7,8)9;1-2/h11-14,19H,10,15-18H2,1-9H3;1H3/q+1;. The van der Waals surface area contributed by atoms with Crippen LogP contribution in [0.25, 0.3) is 0 Å². The summed E-state index contributed by atoms with van der Waals surface area (Å²) in [7, 11) is 6.38. The van der Waals surface area contributed by atoms with E-state index in [9.17, 15) is 14.4 Å². The van der Waals surface area contributed by atoms with Crippen LogP contribution < -0.4 is 0 Å². The number of carbonyl (C=O) groups is 3. The van der Waals surface area contributed by atoms with Crippen LogP contribution in [0.4, 0.5) is 0 Å². The van der Waals surface area contributed by atoms with Crippen molar-refractivity contribution >= 4 is 29.3 Å². The highest BCUT2D eigenvalue weighted by Gasteiger charge is 2.41. The van der Waals surface area contributed by atoms with Gasteiger partial charge in [-0.2, -0.15) is 0 Å². The number of quaternary nitrogens is 1. The van der Waals surface area contributed by atoms with E-state index in [1.807, 2.05) is 31.2 Å². The smallest absolute Gasteiger partial charge is 0.317 e. The second kappa shape index (κ2) is 14.6. The number of halogens is 1. The summed E-state index contributed by atoms with van der Waals surface area (Å²) in [5, 5.41) is 0. The van der Waals surface area contributed by atoms with Gasteiger partial charge in [0, 0.05) is 11.9 Å². The van der Waals surface area contributed by atoms with Gasteiger partial charge in [0.25, 0.3) is 0 Å². The van der Waals surface area contributed by atoms with Crippen molar-refractivity contribution in [2.45, 2.75) is 66.7 Å². The number of alkyl halides is 1. The Morgan fingerprint density at radius 2 is 1.46 bits per heavy atom. The fourth-order valence-electron chi connectivity index (χ4n) is 2.94. The first-order chi connectivity index (χ1) is 16.1. The molecule has 0 spiro atoms. The maximum atomic E-state index is 13.1. The van der Waals surface area contributed by atoms with Crippen molar-refractivity contribution in [1.29, 1.82) is 0 Å². The van der Waals surface area contributed by atoms with E-state index in [0.717, 1.165) is 16.6 Å². The van der Waals surface area contributed by atoms with E-state index in [2.05, 4.69) is 32.7 Å². The summed E-state index contributed by atoms with van der Waals surface area (Å²) < 4.78 is 17.7. The summed E-state index contributed by atoms with van der Waals surface area (Å²) in [5.74, 6) is -1.41. The van der Waals surface area contributed by atoms with Gasteiger partial charge in [-0.1, -0.05) is 45.0 Å². The van der Waals surface area contributed by atoms with E-state index in [-0.39, 0.29) is 31.5 Å². The molecule has 0 bridgehead atoms. The lowest BCUT2D eigenvalue weighted by Crippen LogP contribution is -2.45. The minimum Gasteiger partial charge on any atom is -0.464 e. The highest BCUT2D eigenvalue weighted by atomic mass is 35.5. The molecule has 0 saturated heterocycles. The Bertz CT molecular complexity index is 818. The Balaban J connectivity index is 0.00000562. The van der Waals surface area contributed by atoms with E-state index in [4.69, 9.17) is 14.2 Å². The molecule has 2 unspecified atom stereocenters. The number of carbonyl (C=O) groups excluding carboxylic acids is 3. The van der Waals surface area contributed by atoms with Gasteiger partial charge in [-0.15, -0.1) is 11.6 Å². The SMILES string of the molecule is CCC(C)(OCC(C)(COC(=O)C(C)C)C(=O)OCc1ccc(C[N+](C)(C)C)cc1)C(C)=O.CCl. The molecule has 0 aliphatic carbocycles. The molecular formula is C27H45ClNO6+. The highest BCUT2D eigenvalue weighted by molar-refractivity contribution is 6.15. The van der Waals surface area contributed by atoms with E-state index >= 15 is 0 Å². The number of ether oxygens (including phenoxy) is 3. The van der Waals surface area contributed by atoms with Crippen molar-refractivity contribution in [1.82, 2.24) is 0 Å². The van der Waals surface area contributed by atoms with Crippen molar-refractivity contribution < 1.29 is 33.1 Å². The van der Waals surface area contributed by atoms with Gasteiger partial charge in [0.15, 0.2) is 5.78 Å². The van der Waals surface area contributed by atoms with Crippen molar-refractivity contribution in [3.05, 3.63) is 35.4 Å². The molecule has 1 rings (SSSR count). The van der Waals surface area contributed by atoms with Crippen molar-refractivity contribution in [3.8, 4) is 0 Å². The molecule has 0 radical (unpaired) electrons. The third-order valence-corrected chi connectivity index (χ3v) is 5.68. The van der Waals surface area contributed by atoms with Crippen LogP contribution in [0.15, 0.2) is 24.3 Å². The van der Waals surface area contributed by atoms with Crippen molar-refractivity contribution in [3.63, 3.8) is 0 Å². The Hall–Kier alpha value is -1.96. The average Bonchev–Trinajstić information content (AvgIpc) is 2.80. The predicted octanol–water partition coefficient (Wildman–Crippen LogP) is 4.77. The molecule has 0 amide bonds. The number of hydrogen-bond acceptors (Lipinski definition) is 6. The molecular weight excluding hydrogens is 470 g/mol. The van der Waals surface area contributed by atoms with Gasteiger partial charge in [-0.05, 0) is 32.8 Å². The molecule has 8 heteroatoms. The fraction of sp³-hybridized carbons (Fsp3) is 0.667. The highest BCUT2D eigenvalue weighted by Crippen LogP contribution is 2.26. The van der Waals surface area contributed by atoms with Gasteiger partial charge >= 0.3 is 11.9 Å². The fourth-order valence-corrected chi connectivity index (χ4v) is 2.94. The first-order valence-electron chi connectivity index (χ1n) is 11.9. The summed E-state index contributed by atoms with van der Waals surface area (Å²) >= 11 is 4.64. The zero-order valence-corrected chi connectivity index (χ0v) is 24.0. The van der Waals surface area contributed by atoms with E-state index < -0.39 is 23.0 Å². The number of hydrogen-bond donors (Lipinski definition) is 0. The number of ketones is 1. The van der Waals surface area contributed by atoms with Gasteiger partial charge in [0.05, 0.1) is 33.7 Å². The largest absolute Gasteiger partial charge is 0.464 e. The molecule has 7 nitrogen and oxygen atoms in total. The van der Waals surface area contributed by atoms with Gasteiger partial charge < -0.3 is 18.7 Å². The van der Waals surface area contributed by atoms with E-state index in [0.29, 0.717) is 6.42 Å². The minimum atomic E-state index is -1.25. The lowest BCUT2D eigenvalue weighted by atomic mass is 9.91. The van der Waals surface area contributed by atoms with E-state index in [1.165, 1.54) is 18.9 Å². The molecule has 0 aliphatic heterocycles. The molecule has 2 atom stereocenters. The normalized spacial score (nSPS) is 14.7. The van der Waals surface area contributed by atoms with Gasteiger partial charge in [0.2, 0.25) is 0 Å². The van der Waals surface area contributed by atoms with Crippen LogP contribution in [0.3, 0.4) is 0 Å². The minimum absolute atomic E-state index is 0.0922. The number of Topliss-reactive ketones (excluding diaryl/α,β-unsaturated/α-hetero) is 1. The molecule has 200 valence electrons. The van der Waals surface area contributed by atoms with Gasteiger partial charge in [0.1, 0.15) is 30.8 Å². The molecule has 1 aromatic rings. The number of esters is 2. The first-order valence-corrected chi connectivity index (χ1v) is 12.6. The van der Waals surface area contributed by atoms with Crippen LogP contribution in [0.5, 0.6) is 0 Å². The maximum absolute atomic E-state index is 13.1. The second-order valence-corrected chi connectivity index (χ2v) is 10.6. The molecule has 0 N–H and O–H groups in total. The zero-order valence-electron chi connectivity index (χ0n) is 23.2. The Morgan fingerprint density at radius 1 is 0.943 bits per heavy atom. The maximum Gasteiger partial charge on any atom is 0.317 e. The van der Waals surface area contributed by atoms with Crippen LogP contribution in [-0.4, -0.2) is 68.5 Å². The van der Waals surface area contributed by atoms with Crippen LogP contribution in [-0.2, 0) is 41.7 Å². The van der Waals surface area contributed by atoms with Gasteiger partial charge in [-0.3, -0.25) is 14.4 Å². The molecule has 0 fully saturated rings. The van der Waals surface area contributed by atoms with Crippen molar-refractivity contribution in [2.75, 3.05) is 40.7 Å². The number of benzene rings is 1. The average molecular weight is 515 g/mol. The lowest BCUT2D eigenvalue weighted by molar-refractivity contribution is -0.884.